The molecule has 0 fully saturated rings. The van der Waals surface area contributed by atoms with Crippen LogP contribution < -0.4 is 14.8 Å². The van der Waals surface area contributed by atoms with Crippen molar-refractivity contribution in [1.82, 2.24) is 5.32 Å². The first-order chi connectivity index (χ1) is 20.9. The second-order valence-electron chi connectivity index (χ2n) is 10.0. The zero-order chi connectivity index (χ0) is 30.6. The van der Waals surface area contributed by atoms with Crippen LogP contribution in [0.15, 0.2) is 97.1 Å². The lowest BCUT2D eigenvalue weighted by Gasteiger charge is -2.19. The molecular formula is C35H31N3O5. The number of hydrogen-bond acceptors (Lipinski definition) is 6. The highest BCUT2D eigenvalue weighted by molar-refractivity contribution is 5.98. The highest BCUT2D eigenvalue weighted by Gasteiger charge is 2.25. The number of rotatable bonds is 12. The highest BCUT2D eigenvalue weighted by atomic mass is 16.5. The minimum Gasteiger partial charge on any atom is -0.502 e. The van der Waals surface area contributed by atoms with Gasteiger partial charge in [-0.2, -0.15) is 5.26 Å². The van der Waals surface area contributed by atoms with Crippen molar-refractivity contribution < 1.29 is 23.8 Å². The third-order valence-corrected chi connectivity index (χ3v) is 6.36. The van der Waals surface area contributed by atoms with Gasteiger partial charge in [0.25, 0.3) is 5.91 Å². The molecule has 0 aliphatic rings. The number of hydrogen-bond donors (Lipinski definition) is 1. The van der Waals surface area contributed by atoms with Crippen LogP contribution in [0.25, 0.3) is 4.85 Å². The van der Waals surface area contributed by atoms with Gasteiger partial charge in [-0.3, -0.25) is 4.79 Å². The molecule has 0 aliphatic carbocycles. The SMILES string of the molecule is [C-]#[N+]c1cc(C(=O)NC(Cc2ccc(OCc3ccccc3)c(C#N)c2)C(=O)OCc2ccccc2)ccc1OC(C)C. The monoisotopic (exact) mass is 573 g/mol. The molecule has 1 N–H and O–H groups in total. The largest absolute Gasteiger partial charge is 0.502 e. The van der Waals surface area contributed by atoms with Crippen LogP contribution >= 0.6 is 0 Å². The minimum atomic E-state index is -1.07. The maximum atomic E-state index is 13.3. The molecular weight excluding hydrogens is 542 g/mol. The van der Waals surface area contributed by atoms with Crippen molar-refractivity contribution in [2.24, 2.45) is 0 Å². The van der Waals surface area contributed by atoms with Crippen LogP contribution in [-0.4, -0.2) is 24.0 Å². The summed E-state index contributed by atoms with van der Waals surface area (Å²) in [6.45, 7) is 11.5. The Morgan fingerprint density at radius 3 is 2.14 bits per heavy atom. The van der Waals surface area contributed by atoms with E-state index in [2.05, 4.69) is 16.2 Å². The van der Waals surface area contributed by atoms with Gasteiger partial charge in [0.2, 0.25) is 5.69 Å². The summed E-state index contributed by atoms with van der Waals surface area (Å²) >= 11 is 0. The lowest BCUT2D eigenvalue weighted by molar-refractivity contribution is -0.147. The van der Waals surface area contributed by atoms with E-state index in [0.717, 1.165) is 11.1 Å². The number of nitrogens with zero attached hydrogens (tertiary/aromatic N) is 2. The Balaban J connectivity index is 1.53. The van der Waals surface area contributed by atoms with Crippen LogP contribution in [0.2, 0.25) is 0 Å². The molecule has 1 amide bonds. The maximum absolute atomic E-state index is 13.3. The molecule has 1 unspecified atom stereocenters. The van der Waals surface area contributed by atoms with Crippen LogP contribution in [0.4, 0.5) is 5.69 Å². The molecule has 0 radical (unpaired) electrons. The van der Waals surface area contributed by atoms with Gasteiger partial charge in [0.15, 0.2) is 0 Å². The summed E-state index contributed by atoms with van der Waals surface area (Å²) in [6, 6.07) is 29.5. The van der Waals surface area contributed by atoms with E-state index in [0.29, 0.717) is 29.2 Å². The molecule has 8 heteroatoms. The molecule has 0 bridgehead atoms. The number of ether oxygens (including phenoxy) is 3. The van der Waals surface area contributed by atoms with E-state index in [1.165, 1.54) is 6.07 Å². The van der Waals surface area contributed by atoms with E-state index in [-0.39, 0.29) is 30.4 Å². The smallest absolute Gasteiger partial charge is 0.329 e. The molecule has 0 aliphatic heterocycles. The third-order valence-electron chi connectivity index (χ3n) is 6.36. The topological polar surface area (TPSA) is 102 Å². The Bertz CT molecular complexity index is 1640. The van der Waals surface area contributed by atoms with E-state index >= 15 is 0 Å². The summed E-state index contributed by atoms with van der Waals surface area (Å²) in [6.07, 6.45) is -0.0746. The Morgan fingerprint density at radius 1 is 0.860 bits per heavy atom. The Labute approximate surface area is 251 Å². The van der Waals surface area contributed by atoms with Crippen molar-refractivity contribution in [2.45, 2.75) is 45.6 Å². The van der Waals surface area contributed by atoms with Crippen LogP contribution in [0.5, 0.6) is 11.5 Å². The number of amides is 1. The molecule has 0 aromatic heterocycles. The van der Waals surface area contributed by atoms with Gasteiger partial charge in [-0.25, -0.2) is 9.64 Å². The second-order valence-corrected chi connectivity index (χ2v) is 10.0. The number of benzene rings is 4. The molecule has 0 spiro atoms. The molecule has 4 aromatic carbocycles. The Hall–Kier alpha value is -5.60. The fourth-order valence-corrected chi connectivity index (χ4v) is 4.25. The van der Waals surface area contributed by atoms with Gasteiger partial charge in [-0.05, 0) is 60.9 Å². The lowest BCUT2D eigenvalue weighted by Crippen LogP contribution is -2.43. The summed E-state index contributed by atoms with van der Waals surface area (Å²) in [5.41, 5.74) is 3.09. The average molecular weight is 574 g/mol. The highest BCUT2D eigenvalue weighted by Crippen LogP contribution is 2.30. The minimum absolute atomic E-state index is 0.0326. The number of esters is 1. The molecule has 0 saturated carbocycles. The summed E-state index contributed by atoms with van der Waals surface area (Å²) in [7, 11) is 0. The molecule has 43 heavy (non-hydrogen) atoms. The first-order valence-electron chi connectivity index (χ1n) is 13.8. The van der Waals surface area contributed by atoms with Crippen molar-refractivity contribution in [3.8, 4) is 17.6 Å². The molecule has 1 atom stereocenters. The quantitative estimate of drug-likeness (QED) is 0.152. The zero-order valence-electron chi connectivity index (χ0n) is 23.9. The van der Waals surface area contributed by atoms with Gasteiger partial charge in [-0.1, -0.05) is 66.7 Å². The summed E-state index contributed by atoms with van der Waals surface area (Å²) in [5, 5.41) is 12.5. The van der Waals surface area contributed by atoms with Gasteiger partial charge in [0.05, 0.1) is 18.2 Å². The molecule has 4 rings (SSSR count). The summed E-state index contributed by atoms with van der Waals surface area (Å²) < 4.78 is 17.1. The first-order valence-corrected chi connectivity index (χ1v) is 13.8. The van der Waals surface area contributed by atoms with Crippen molar-refractivity contribution in [1.29, 1.82) is 5.26 Å². The third kappa shape index (κ3) is 8.69. The fraction of sp³-hybridized carbons (Fsp3) is 0.200. The van der Waals surface area contributed by atoms with Crippen LogP contribution in [0, 0.1) is 17.9 Å². The molecule has 216 valence electrons. The van der Waals surface area contributed by atoms with Crippen LogP contribution in [0.3, 0.4) is 0 Å². The predicted octanol–water partition coefficient (Wildman–Crippen LogP) is 6.56. The van der Waals surface area contributed by atoms with Crippen molar-refractivity contribution in [3.63, 3.8) is 0 Å². The van der Waals surface area contributed by atoms with Gasteiger partial charge >= 0.3 is 5.97 Å². The number of nitriles is 1. The van der Waals surface area contributed by atoms with E-state index in [4.69, 9.17) is 20.8 Å². The number of carbonyl (C=O) groups is 2. The van der Waals surface area contributed by atoms with E-state index < -0.39 is 17.9 Å². The zero-order valence-corrected chi connectivity index (χ0v) is 23.9. The van der Waals surface area contributed by atoms with Crippen molar-refractivity contribution in [2.75, 3.05) is 0 Å². The van der Waals surface area contributed by atoms with Crippen LogP contribution in [0.1, 0.15) is 46.5 Å². The van der Waals surface area contributed by atoms with Crippen molar-refractivity contribution in [3.05, 3.63) is 136 Å². The van der Waals surface area contributed by atoms with Gasteiger partial charge in [0, 0.05) is 12.0 Å². The van der Waals surface area contributed by atoms with Crippen molar-refractivity contribution >= 4 is 17.6 Å². The summed E-state index contributed by atoms with van der Waals surface area (Å²) in [4.78, 5) is 30.0. The standard InChI is InChI=1S/C35H31N3O5/c1-24(2)43-33-17-15-28(20-30(33)37-3)34(39)38-31(35(40)42-23-26-12-8-5-9-13-26)19-27-14-16-32(29(18-27)21-36)41-22-25-10-6-4-7-11-25/h4-18,20,24,31H,19,22-23H2,1-2H3,(H,38,39). The molecule has 8 nitrogen and oxygen atoms in total. The van der Waals surface area contributed by atoms with E-state index in [9.17, 15) is 14.9 Å². The molecule has 4 aromatic rings. The fourth-order valence-electron chi connectivity index (χ4n) is 4.25. The lowest BCUT2D eigenvalue weighted by atomic mass is 10.0. The second kappa shape index (κ2) is 14.9. The summed E-state index contributed by atoms with van der Waals surface area (Å²) in [5.74, 6) is -0.395. The number of nitrogens with one attached hydrogen (secondary N) is 1. The Morgan fingerprint density at radius 2 is 1.51 bits per heavy atom. The predicted molar refractivity (Wildman–Crippen MR) is 162 cm³/mol. The maximum Gasteiger partial charge on any atom is 0.329 e. The molecule has 0 heterocycles. The van der Waals surface area contributed by atoms with Gasteiger partial charge in [0.1, 0.15) is 36.8 Å². The average Bonchev–Trinajstić information content (AvgIpc) is 3.03. The Kier molecular flexibility index (Phi) is 10.5. The van der Waals surface area contributed by atoms with Crippen LogP contribution in [-0.2, 0) is 29.2 Å². The normalized spacial score (nSPS) is 11.1. The van der Waals surface area contributed by atoms with E-state index in [1.54, 1.807) is 30.3 Å². The molecule has 0 saturated heterocycles. The van der Waals surface area contributed by atoms with Gasteiger partial charge in [-0.15, -0.1) is 0 Å². The van der Waals surface area contributed by atoms with Gasteiger partial charge < -0.3 is 19.5 Å². The number of carbonyl (C=O) groups excluding carboxylic acids is 2. The van der Waals surface area contributed by atoms with E-state index in [1.807, 2.05) is 74.5 Å². The first kappa shape index (κ1) is 30.4.